The van der Waals surface area contributed by atoms with Gasteiger partial charge in [-0.2, -0.15) is 0 Å². The van der Waals surface area contributed by atoms with Gasteiger partial charge in [0, 0.05) is 12.8 Å². The van der Waals surface area contributed by atoms with E-state index in [4.69, 9.17) is 4.74 Å². The molecular formula is C21H32O3. The first-order chi connectivity index (χ1) is 11.4. The van der Waals surface area contributed by atoms with Crippen molar-refractivity contribution >= 4 is 11.8 Å². The minimum absolute atomic E-state index is 0.0154. The van der Waals surface area contributed by atoms with Gasteiger partial charge in [-0.05, 0) is 79.4 Å². The van der Waals surface area contributed by atoms with Gasteiger partial charge >= 0.3 is 5.97 Å². The fourth-order valence-corrected chi connectivity index (χ4v) is 7.57. The quantitative estimate of drug-likeness (QED) is 0.669. The molecule has 0 aromatic rings. The summed E-state index contributed by atoms with van der Waals surface area (Å²) in [6.07, 6.45) is 9.82. The number of ether oxygens (including phenoxy) is 1. The van der Waals surface area contributed by atoms with Gasteiger partial charge in [0.1, 0.15) is 5.78 Å². The van der Waals surface area contributed by atoms with E-state index in [0.717, 1.165) is 43.9 Å². The van der Waals surface area contributed by atoms with Gasteiger partial charge in [-0.1, -0.05) is 13.8 Å². The third kappa shape index (κ3) is 2.15. The van der Waals surface area contributed by atoms with Crippen molar-refractivity contribution in [3.05, 3.63) is 0 Å². The number of carbonyl (C=O) groups is 2. The number of fused-ring (bicyclic) bond motifs is 5. The van der Waals surface area contributed by atoms with Crippen LogP contribution in [0.5, 0.6) is 0 Å². The highest BCUT2D eigenvalue weighted by molar-refractivity contribution is 5.79. The van der Waals surface area contributed by atoms with E-state index in [2.05, 4.69) is 13.8 Å². The van der Waals surface area contributed by atoms with E-state index in [1.165, 1.54) is 32.8 Å². The SMILES string of the molecule is COC(=O)[C@H]1CC[C@H]2[C@@H]3CC[C@H]4CC(=O)CC[C@]4(C)[C@H]3CC[C@]12C. The van der Waals surface area contributed by atoms with Crippen LogP contribution in [-0.4, -0.2) is 18.9 Å². The monoisotopic (exact) mass is 332 g/mol. The van der Waals surface area contributed by atoms with Gasteiger partial charge in [-0.25, -0.2) is 0 Å². The Morgan fingerprint density at radius 2 is 1.75 bits per heavy atom. The Labute approximate surface area is 145 Å². The maximum absolute atomic E-state index is 12.3. The molecule has 4 aliphatic carbocycles. The van der Waals surface area contributed by atoms with E-state index in [1.54, 1.807) is 0 Å². The molecule has 0 saturated heterocycles. The van der Waals surface area contributed by atoms with Gasteiger partial charge in [0.25, 0.3) is 0 Å². The summed E-state index contributed by atoms with van der Waals surface area (Å²) < 4.78 is 5.13. The zero-order valence-corrected chi connectivity index (χ0v) is 15.5. The molecule has 0 heterocycles. The first-order valence-corrected chi connectivity index (χ1v) is 9.99. The maximum Gasteiger partial charge on any atom is 0.309 e. The number of carbonyl (C=O) groups excluding carboxylic acids is 2. The van der Waals surface area contributed by atoms with Crippen LogP contribution in [0.2, 0.25) is 0 Å². The van der Waals surface area contributed by atoms with Gasteiger partial charge in [0.05, 0.1) is 13.0 Å². The van der Waals surface area contributed by atoms with Crippen molar-refractivity contribution in [1.82, 2.24) is 0 Å². The van der Waals surface area contributed by atoms with Crippen molar-refractivity contribution < 1.29 is 14.3 Å². The van der Waals surface area contributed by atoms with E-state index >= 15 is 0 Å². The first-order valence-electron chi connectivity index (χ1n) is 9.99. The predicted octanol–water partition coefficient (Wildman–Crippen LogP) is 4.39. The lowest BCUT2D eigenvalue weighted by Crippen LogP contribution is -2.54. The molecule has 0 bridgehead atoms. The lowest BCUT2D eigenvalue weighted by atomic mass is 9.45. The molecule has 0 radical (unpaired) electrons. The van der Waals surface area contributed by atoms with Crippen LogP contribution in [0.4, 0.5) is 0 Å². The Balaban J connectivity index is 1.61. The predicted molar refractivity (Wildman–Crippen MR) is 92.2 cm³/mol. The average Bonchev–Trinajstić information content (AvgIpc) is 2.92. The van der Waals surface area contributed by atoms with Gasteiger partial charge in [-0.3, -0.25) is 9.59 Å². The summed E-state index contributed by atoms with van der Waals surface area (Å²) in [4.78, 5) is 24.3. The van der Waals surface area contributed by atoms with Crippen molar-refractivity contribution in [3.8, 4) is 0 Å². The molecule has 4 rings (SSSR count). The number of esters is 1. The molecule has 0 spiro atoms. The number of hydrogen-bond acceptors (Lipinski definition) is 3. The molecule has 4 aliphatic rings. The molecular weight excluding hydrogens is 300 g/mol. The van der Waals surface area contributed by atoms with Gasteiger partial charge < -0.3 is 4.74 Å². The molecule has 3 heteroatoms. The van der Waals surface area contributed by atoms with E-state index in [9.17, 15) is 9.59 Å². The maximum atomic E-state index is 12.3. The molecule has 4 saturated carbocycles. The third-order valence-corrected chi connectivity index (χ3v) is 8.97. The minimum Gasteiger partial charge on any atom is -0.469 e. The zero-order valence-electron chi connectivity index (χ0n) is 15.5. The highest BCUT2D eigenvalue weighted by atomic mass is 16.5. The third-order valence-electron chi connectivity index (χ3n) is 8.97. The molecule has 0 aliphatic heterocycles. The highest BCUT2D eigenvalue weighted by Crippen LogP contribution is 2.67. The van der Waals surface area contributed by atoms with Crippen LogP contribution >= 0.6 is 0 Å². The van der Waals surface area contributed by atoms with Crippen molar-refractivity contribution in [1.29, 1.82) is 0 Å². The van der Waals surface area contributed by atoms with Gasteiger partial charge in [0.15, 0.2) is 0 Å². The highest BCUT2D eigenvalue weighted by Gasteiger charge is 2.61. The van der Waals surface area contributed by atoms with Crippen LogP contribution in [0.25, 0.3) is 0 Å². The molecule has 0 aromatic carbocycles. The second-order valence-electron chi connectivity index (χ2n) is 9.60. The smallest absolute Gasteiger partial charge is 0.309 e. The first kappa shape index (κ1) is 16.6. The molecule has 24 heavy (non-hydrogen) atoms. The summed E-state index contributed by atoms with van der Waals surface area (Å²) in [5.74, 6) is 3.42. The fourth-order valence-electron chi connectivity index (χ4n) is 7.57. The standard InChI is InChI=1S/C21H32O3/c1-20-10-8-14(22)12-13(20)4-5-15-16-6-7-18(19(23)24-3)21(16,2)11-9-17(15)20/h13,15-18H,4-12H2,1-3H3/t13-,15-,16-,17-,18+,20-,21-/m0/s1. The summed E-state index contributed by atoms with van der Waals surface area (Å²) >= 11 is 0. The molecule has 0 aromatic heterocycles. The van der Waals surface area contributed by atoms with Crippen LogP contribution < -0.4 is 0 Å². The summed E-state index contributed by atoms with van der Waals surface area (Å²) in [7, 11) is 1.54. The van der Waals surface area contributed by atoms with E-state index in [-0.39, 0.29) is 17.3 Å². The lowest BCUT2D eigenvalue weighted by molar-refractivity contribution is -0.157. The van der Waals surface area contributed by atoms with Gasteiger partial charge in [0.2, 0.25) is 0 Å². The van der Waals surface area contributed by atoms with E-state index in [0.29, 0.717) is 23.0 Å². The van der Waals surface area contributed by atoms with Crippen molar-refractivity contribution in [2.75, 3.05) is 7.11 Å². The number of rotatable bonds is 1. The van der Waals surface area contributed by atoms with E-state index < -0.39 is 0 Å². The molecule has 0 unspecified atom stereocenters. The molecule has 134 valence electrons. The number of Topliss-reactive ketones (excluding diaryl/α,β-unsaturated/α-hetero) is 1. The summed E-state index contributed by atoms with van der Waals surface area (Å²) in [5.41, 5.74) is 0.503. The molecule has 0 N–H and O–H groups in total. The Morgan fingerprint density at radius 3 is 2.50 bits per heavy atom. The van der Waals surface area contributed by atoms with E-state index in [1.807, 2.05) is 0 Å². The second-order valence-corrected chi connectivity index (χ2v) is 9.60. The molecule has 4 fully saturated rings. The Hall–Kier alpha value is -0.860. The molecule has 3 nitrogen and oxygen atoms in total. The lowest BCUT2D eigenvalue weighted by Gasteiger charge is -2.60. The Bertz CT molecular complexity index is 555. The number of hydrogen-bond donors (Lipinski definition) is 0. The largest absolute Gasteiger partial charge is 0.469 e. The topological polar surface area (TPSA) is 43.4 Å². The summed E-state index contributed by atoms with van der Waals surface area (Å²) in [5, 5.41) is 0. The molecule has 0 amide bonds. The van der Waals surface area contributed by atoms with Crippen LogP contribution in [0.15, 0.2) is 0 Å². The normalized spacial score (nSPS) is 50.6. The Morgan fingerprint density at radius 1 is 1.00 bits per heavy atom. The molecule has 7 atom stereocenters. The van der Waals surface area contributed by atoms with Crippen LogP contribution in [0.3, 0.4) is 0 Å². The second kappa shape index (κ2) is 5.57. The minimum atomic E-state index is 0.0154. The summed E-state index contributed by atoms with van der Waals surface area (Å²) in [6.45, 7) is 4.84. The zero-order chi connectivity index (χ0) is 17.1. The average molecular weight is 332 g/mol. The fraction of sp³-hybridized carbons (Fsp3) is 0.905. The van der Waals surface area contributed by atoms with Crippen LogP contribution in [0, 0.1) is 40.4 Å². The number of ketones is 1. The van der Waals surface area contributed by atoms with Crippen molar-refractivity contribution in [2.24, 2.45) is 40.4 Å². The van der Waals surface area contributed by atoms with Gasteiger partial charge in [-0.15, -0.1) is 0 Å². The summed E-state index contributed by atoms with van der Waals surface area (Å²) in [6, 6.07) is 0. The van der Waals surface area contributed by atoms with Crippen LogP contribution in [0.1, 0.15) is 71.6 Å². The van der Waals surface area contributed by atoms with Crippen molar-refractivity contribution in [3.63, 3.8) is 0 Å². The van der Waals surface area contributed by atoms with Crippen LogP contribution in [-0.2, 0) is 14.3 Å². The number of methoxy groups -OCH3 is 1. The Kier molecular flexibility index (Phi) is 3.85. The van der Waals surface area contributed by atoms with Crippen molar-refractivity contribution in [2.45, 2.75) is 71.6 Å².